The van der Waals surface area contributed by atoms with Gasteiger partial charge in [-0.2, -0.15) is 0 Å². The van der Waals surface area contributed by atoms with Crippen molar-refractivity contribution in [3.05, 3.63) is 69.3 Å². The first kappa shape index (κ1) is 18.8. The summed E-state index contributed by atoms with van der Waals surface area (Å²) in [7, 11) is 0. The maximum absolute atomic E-state index is 13.8. The first-order valence-electron chi connectivity index (χ1n) is 9.72. The van der Waals surface area contributed by atoms with Gasteiger partial charge in [-0.25, -0.2) is 18.3 Å². The molecular weight excluding hydrogens is 362 g/mol. The molecule has 5 nitrogen and oxygen atoms in total. The number of rotatable bonds is 5. The Kier molecular flexibility index (Phi) is 5.26. The maximum Gasteiger partial charge on any atom is 0.272 e. The Morgan fingerprint density at radius 2 is 2.11 bits per heavy atom. The van der Waals surface area contributed by atoms with Gasteiger partial charge in [0.15, 0.2) is 5.65 Å². The van der Waals surface area contributed by atoms with Crippen LogP contribution in [0.15, 0.2) is 35.1 Å². The van der Waals surface area contributed by atoms with Gasteiger partial charge < -0.3 is 0 Å². The first-order chi connectivity index (χ1) is 13.5. The van der Waals surface area contributed by atoms with Crippen molar-refractivity contribution < 1.29 is 8.78 Å². The molecule has 1 N–H and O–H groups in total. The largest absolute Gasteiger partial charge is 0.297 e. The van der Waals surface area contributed by atoms with Gasteiger partial charge in [0.25, 0.3) is 5.56 Å². The molecule has 1 fully saturated rings. The second-order valence-electron chi connectivity index (χ2n) is 7.74. The summed E-state index contributed by atoms with van der Waals surface area (Å²) in [5.41, 5.74) is 2.78. The summed E-state index contributed by atoms with van der Waals surface area (Å²) in [6.07, 6.45) is 3.65. The van der Waals surface area contributed by atoms with Gasteiger partial charge in [-0.05, 0) is 56.7 Å². The number of halogens is 2. The van der Waals surface area contributed by atoms with Crippen LogP contribution in [0.5, 0.6) is 0 Å². The summed E-state index contributed by atoms with van der Waals surface area (Å²) in [5, 5.41) is 2.98. The molecule has 0 radical (unpaired) electrons. The molecule has 0 aliphatic carbocycles. The topological polar surface area (TPSA) is 53.4 Å². The van der Waals surface area contributed by atoms with Gasteiger partial charge in [0.05, 0.1) is 5.69 Å². The maximum atomic E-state index is 13.8. The summed E-state index contributed by atoms with van der Waals surface area (Å²) in [4.78, 5) is 19.2. The van der Waals surface area contributed by atoms with Crippen LogP contribution in [0.25, 0.3) is 5.65 Å². The van der Waals surface area contributed by atoms with Crippen LogP contribution >= 0.6 is 0 Å². The molecule has 0 unspecified atom stereocenters. The molecule has 3 heterocycles. The number of hydrogen-bond donors (Lipinski definition) is 1. The number of aryl methyl sites for hydroxylation is 2. The van der Waals surface area contributed by atoms with E-state index in [9.17, 15) is 13.6 Å². The average molecular weight is 386 g/mol. The third kappa shape index (κ3) is 4.14. The lowest BCUT2D eigenvalue weighted by atomic mass is 9.91. The Morgan fingerprint density at radius 3 is 2.93 bits per heavy atom. The molecule has 2 aromatic heterocycles. The van der Waals surface area contributed by atoms with Crippen molar-refractivity contribution in [1.29, 1.82) is 0 Å². The molecule has 0 bridgehead atoms. The van der Waals surface area contributed by atoms with Gasteiger partial charge in [-0.3, -0.25) is 14.8 Å². The Hall–Kier alpha value is -2.54. The van der Waals surface area contributed by atoms with E-state index in [1.165, 1.54) is 16.6 Å². The van der Waals surface area contributed by atoms with Gasteiger partial charge in [0.1, 0.15) is 11.6 Å². The minimum absolute atomic E-state index is 0.103. The monoisotopic (exact) mass is 386 g/mol. The van der Waals surface area contributed by atoms with E-state index < -0.39 is 11.6 Å². The van der Waals surface area contributed by atoms with Crippen LogP contribution in [-0.2, 0) is 13.0 Å². The molecule has 28 heavy (non-hydrogen) atoms. The second-order valence-corrected chi connectivity index (χ2v) is 7.74. The third-order valence-corrected chi connectivity index (χ3v) is 5.46. The molecule has 1 aromatic carbocycles. The smallest absolute Gasteiger partial charge is 0.272 e. The third-order valence-electron chi connectivity index (χ3n) is 5.46. The summed E-state index contributed by atoms with van der Waals surface area (Å²) in [5.74, 6) is -0.548. The lowest BCUT2D eigenvalue weighted by molar-refractivity contribution is 0.160. The lowest BCUT2D eigenvalue weighted by Gasteiger charge is -2.32. The molecule has 1 aliphatic rings. The predicted octanol–water partition coefficient (Wildman–Crippen LogP) is 3.45. The van der Waals surface area contributed by atoms with E-state index in [1.54, 1.807) is 6.07 Å². The fraction of sp³-hybridized carbons (Fsp3) is 0.429. The van der Waals surface area contributed by atoms with E-state index in [-0.39, 0.29) is 5.56 Å². The summed E-state index contributed by atoms with van der Waals surface area (Å²) in [6.45, 7) is 4.40. The number of benzene rings is 1. The minimum atomic E-state index is -0.539. The summed E-state index contributed by atoms with van der Waals surface area (Å²) >= 11 is 0. The molecule has 1 saturated heterocycles. The van der Waals surface area contributed by atoms with Crippen LogP contribution in [-0.4, -0.2) is 32.6 Å². The van der Waals surface area contributed by atoms with Crippen LogP contribution in [0.2, 0.25) is 0 Å². The molecule has 0 amide bonds. The Labute approximate surface area is 162 Å². The minimum Gasteiger partial charge on any atom is -0.297 e. The zero-order valence-electron chi connectivity index (χ0n) is 15.9. The quantitative estimate of drug-likeness (QED) is 0.731. The van der Waals surface area contributed by atoms with Crippen molar-refractivity contribution in [1.82, 2.24) is 19.5 Å². The number of likely N-dealkylation sites (tertiary alicyclic amines) is 1. The van der Waals surface area contributed by atoms with Crippen molar-refractivity contribution in [3.63, 3.8) is 0 Å². The molecule has 7 heteroatoms. The summed E-state index contributed by atoms with van der Waals surface area (Å²) in [6, 6.07) is 7.25. The van der Waals surface area contributed by atoms with E-state index in [2.05, 4.69) is 15.0 Å². The number of hydrogen-bond acceptors (Lipinski definition) is 3. The normalized spacial score (nSPS) is 18.0. The van der Waals surface area contributed by atoms with Crippen LogP contribution in [0.4, 0.5) is 8.78 Å². The standard InChI is InChI=1S/C21H24F2N4O/c1-14-9-20-24-18(11-21(28)27(20)25-14)13-26-8-2-3-15(12-26)4-5-16-6-7-17(22)10-19(16)23/h6-7,9-11,15,25H,2-5,8,12-13H2,1H3/t15-/m0/s1. The molecular formula is C21H24F2N4O. The van der Waals surface area contributed by atoms with Gasteiger partial charge in [0.2, 0.25) is 0 Å². The highest BCUT2D eigenvalue weighted by Crippen LogP contribution is 2.23. The first-order valence-corrected chi connectivity index (χ1v) is 9.72. The van der Waals surface area contributed by atoms with Crippen LogP contribution < -0.4 is 5.56 Å². The van der Waals surface area contributed by atoms with Crippen molar-refractivity contribution in [2.24, 2.45) is 5.92 Å². The summed E-state index contributed by atoms with van der Waals surface area (Å²) < 4.78 is 28.3. The van der Waals surface area contributed by atoms with Gasteiger partial charge in [0, 0.05) is 37.0 Å². The molecule has 148 valence electrons. The number of aromatic nitrogens is 3. The Bertz CT molecular complexity index is 1040. The molecule has 4 rings (SSSR count). The number of piperidine rings is 1. The molecule has 0 saturated carbocycles. The highest BCUT2D eigenvalue weighted by Gasteiger charge is 2.21. The van der Waals surface area contributed by atoms with E-state index >= 15 is 0 Å². The molecule has 0 spiro atoms. The van der Waals surface area contributed by atoms with Crippen molar-refractivity contribution in [2.45, 2.75) is 39.2 Å². The molecule has 1 aliphatic heterocycles. The number of nitrogens with one attached hydrogen (secondary N) is 1. The van der Waals surface area contributed by atoms with Crippen molar-refractivity contribution >= 4 is 5.65 Å². The van der Waals surface area contributed by atoms with E-state index in [0.29, 0.717) is 30.1 Å². The van der Waals surface area contributed by atoms with Gasteiger partial charge in [-0.15, -0.1) is 0 Å². The lowest BCUT2D eigenvalue weighted by Crippen LogP contribution is -2.35. The fourth-order valence-corrected chi connectivity index (χ4v) is 4.09. The number of fused-ring (bicyclic) bond motifs is 1. The van der Waals surface area contributed by atoms with Crippen molar-refractivity contribution in [2.75, 3.05) is 13.1 Å². The van der Waals surface area contributed by atoms with Gasteiger partial charge in [-0.1, -0.05) is 6.07 Å². The highest BCUT2D eigenvalue weighted by molar-refractivity contribution is 5.39. The highest BCUT2D eigenvalue weighted by atomic mass is 19.1. The zero-order chi connectivity index (χ0) is 19.7. The SMILES string of the molecule is Cc1cc2nc(CN3CCC[C@@H](CCc4ccc(F)cc4F)C3)cc(=O)n2[nH]1. The fourth-order valence-electron chi connectivity index (χ4n) is 4.09. The van der Waals surface area contributed by atoms with Crippen LogP contribution in [0.1, 0.15) is 36.2 Å². The van der Waals surface area contributed by atoms with Crippen LogP contribution in [0, 0.1) is 24.5 Å². The van der Waals surface area contributed by atoms with E-state index in [4.69, 9.17) is 0 Å². The second kappa shape index (κ2) is 7.83. The number of nitrogens with zero attached hydrogens (tertiary/aromatic N) is 3. The zero-order valence-corrected chi connectivity index (χ0v) is 15.9. The van der Waals surface area contributed by atoms with Crippen molar-refractivity contribution in [3.8, 4) is 0 Å². The average Bonchev–Trinajstić information content (AvgIpc) is 3.02. The molecule has 1 atom stereocenters. The Balaban J connectivity index is 1.39. The van der Waals surface area contributed by atoms with E-state index in [1.807, 2.05) is 13.0 Å². The Morgan fingerprint density at radius 1 is 1.25 bits per heavy atom. The predicted molar refractivity (Wildman–Crippen MR) is 103 cm³/mol. The number of H-pyrrole nitrogens is 1. The molecule has 3 aromatic rings. The van der Waals surface area contributed by atoms with E-state index in [0.717, 1.165) is 49.8 Å². The van der Waals surface area contributed by atoms with Gasteiger partial charge >= 0.3 is 0 Å². The van der Waals surface area contributed by atoms with Crippen LogP contribution in [0.3, 0.4) is 0 Å². The number of aromatic amines is 1.